The van der Waals surface area contributed by atoms with E-state index in [2.05, 4.69) is 12.2 Å². The van der Waals surface area contributed by atoms with Crippen molar-refractivity contribution < 1.29 is 14.3 Å². The molecule has 0 saturated heterocycles. The monoisotopic (exact) mass is 318 g/mol. The van der Waals surface area contributed by atoms with Gasteiger partial charge < -0.3 is 15.0 Å². The van der Waals surface area contributed by atoms with E-state index in [1.807, 2.05) is 38.2 Å². The molecule has 1 N–H and O–H groups in total. The second-order valence-electron chi connectivity index (χ2n) is 5.98. The molecule has 23 heavy (non-hydrogen) atoms. The number of hydrogen-bond donors (Lipinski definition) is 1. The molecule has 126 valence electrons. The summed E-state index contributed by atoms with van der Waals surface area (Å²) in [6.07, 6.45) is 2.69. The van der Waals surface area contributed by atoms with Gasteiger partial charge in [-0.15, -0.1) is 0 Å². The molecule has 0 bridgehead atoms. The number of ether oxygens (including phenoxy) is 1. The molecule has 0 spiro atoms. The summed E-state index contributed by atoms with van der Waals surface area (Å²) in [5.74, 6) is 0.250. The lowest BCUT2D eigenvalue weighted by atomic mass is 10.2. The summed E-state index contributed by atoms with van der Waals surface area (Å²) in [7, 11) is 1.82. The van der Waals surface area contributed by atoms with Crippen LogP contribution in [0.3, 0.4) is 0 Å². The highest BCUT2D eigenvalue weighted by Crippen LogP contribution is 2.41. The standard InChI is InChI=1S/C18H26N2O3/c1-4-6-11-20(3)18(22)14-12-13(14)17(21)19-15-9-7-8-10-16(15)23-5-2/h7-10,13-14H,4-6,11-12H2,1-3H3,(H,19,21). The Kier molecular flexibility index (Phi) is 6.02. The maximum Gasteiger partial charge on any atom is 0.228 e. The SMILES string of the molecule is CCCCN(C)C(=O)C1CC1C(=O)Nc1ccccc1OCC. The number of carbonyl (C=O) groups is 2. The molecule has 0 radical (unpaired) electrons. The highest BCUT2D eigenvalue weighted by atomic mass is 16.5. The fourth-order valence-corrected chi connectivity index (χ4v) is 2.62. The molecule has 1 aromatic rings. The predicted molar refractivity (Wildman–Crippen MR) is 90.4 cm³/mol. The number of para-hydroxylation sites is 2. The number of hydrogen-bond acceptors (Lipinski definition) is 3. The van der Waals surface area contributed by atoms with Gasteiger partial charge >= 0.3 is 0 Å². The highest BCUT2D eigenvalue weighted by molar-refractivity contribution is 6.00. The van der Waals surface area contributed by atoms with E-state index in [0.717, 1.165) is 19.4 Å². The molecular weight excluding hydrogens is 292 g/mol. The smallest absolute Gasteiger partial charge is 0.228 e. The molecule has 2 rings (SSSR count). The van der Waals surface area contributed by atoms with E-state index in [1.165, 1.54) is 0 Å². The molecule has 1 aliphatic carbocycles. The first-order valence-electron chi connectivity index (χ1n) is 8.36. The Bertz CT molecular complexity index is 559. The molecule has 2 unspecified atom stereocenters. The molecule has 0 aromatic heterocycles. The molecule has 5 heteroatoms. The average Bonchev–Trinajstić information content (AvgIpc) is 3.34. The molecule has 1 saturated carbocycles. The summed E-state index contributed by atoms with van der Waals surface area (Å²) in [5.41, 5.74) is 0.664. The number of carbonyl (C=O) groups excluding carboxylic acids is 2. The van der Waals surface area contributed by atoms with E-state index in [9.17, 15) is 9.59 Å². The summed E-state index contributed by atoms with van der Waals surface area (Å²) >= 11 is 0. The zero-order valence-corrected chi connectivity index (χ0v) is 14.2. The largest absolute Gasteiger partial charge is 0.492 e. The van der Waals surface area contributed by atoms with E-state index in [-0.39, 0.29) is 23.7 Å². The number of anilines is 1. The normalized spacial score (nSPS) is 19.1. The van der Waals surface area contributed by atoms with Crippen molar-refractivity contribution in [3.05, 3.63) is 24.3 Å². The topological polar surface area (TPSA) is 58.6 Å². The molecule has 2 atom stereocenters. The van der Waals surface area contributed by atoms with Gasteiger partial charge in [-0.2, -0.15) is 0 Å². The molecule has 5 nitrogen and oxygen atoms in total. The van der Waals surface area contributed by atoms with Gasteiger partial charge in [-0.3, -0.25) is 9.59 Å². The van der Waals surface area contributed by atoms with Crippen LogP contribution in [0.25, 0.3) is 0 Å². The number of nitrogens with zero attached hydrogens (tertiary/aromatic N) is 1. The van der Waals surface area contributed by atoms with Crippen LogP contribution in [0.4, 0.5) is 5.69 Å². The van der Waals surface area contributed by atoms with Crippen molar-refractivity contribution in [2.75, 3.05) is 25.5 Å². The number of unbranched alkanes of at least 4 members (excludes halogenated alkanes) is 1. The zero-order chi connectivity index (χ0) is 16.8. The van der Waals surface area contributed by atoms with Crippen molar-refractivity contribution in [1.29, 1.82) is 0 Å². The lowest BCUT2D eigenvalue weighted by Crippen LogP contribution is -2.30. The summed E-state index contributed by atoms with van der Waals surface area (Å²) in [6, 6.07) is 7.36. The number of nitrogens with one attached hydrogen (secondary N) is 1. The number of benzene rings is 1. The van der Waals surface area contributed by atoms with Gasteiger partial charge in [0.05, 0.1) is 24.1 Å². The second-order valence-corrected chi connectivity index (χ2v) is 5.98. The van der Waals surface area contributed by atoms with Crippen LogP contribution in [-0.2, 0) is 9.59 Å². The Labute approximate surface area is 138 Å². The first kappa shape index (κ1) is 17.3. The molecule has 0 aliphatic heterocycles. The highest BCUT2D eigenvalue weighted by Gasteiger charge is 2.49. The minimum absolute atomic E-state index is 0.0803. The zero-order valence-electron chi connectivity index (χ0n) is 14.2. The summed E-state index contributed by atoms with van der Waals surface area (Å²) in [6.45, 7) is 5.30. The van der Waals surface area contributed by atoms with Gasteiger partial charge in [-0.05, 0) is 31.9 Å². The van der Waals surface area contributed by atoms with Crippen LogP contribution in [-0.4, -0.2) is 36.9 Å². The third-order valence-electron chi connectivity index (χ3n) is 4.11. The molecule has 0 heterocycles. The molecule has 1 aliphatic rings. The van der Waals surface area contributed by atoms with Crippen LogP contribution in [0.2, 0.25) is 0 Å². The summed E-state index contributed by atoms with van der Waals surface area (Å²) in [4.78, 5) is 26.4. The predicted octanol–water partition coefficient (Wildman–Crippen LogP) is 2.92. The number of rotatable bonds is 8. The van der Waals surface area contributed by atoms with E-state index in [4.69, 9.17) is 4.74 Å². The van der Waals surface area contributed by atoms with Crippen molar-refractivity contribution in [3.8, 4) is 5.75 Å². The van der Waals surface area contributed by atoms with Crippen molar-refractivity contribution in [2.24, 2.45) is 11.8 Å². The molecule has 1 fully saturated rings. The Hall–Kier alpha value is -2.04. The Balaban J connectivity index is 1.90. The third-order valence-corrected chi connectivity index (χ3v) is 4.11. The van der Waals surface area contributed by atoms with Crippen molar-refractivity contribution in [2.45, 2.75) is 33.1 Å². The fourth-order valence-electron chi connectivity index (χ4n) is 2.62. The van der Waals surface area contributed by atoms with Gasteiger partial charge in [0.2, 0.25) is 11.8 Å². The number of amides is 2. The van der Waals surface area contributed by atoms with Crippen LogP contribution in [0.1, 0.15) is 33.1 Å². The van der Waals surface area contributed by atoms with Crippen LogP contribution < -0.4 is 10.1 Å². The lowest BCUT2D eigenvalue weighted by molar-refractivity contribution is -0.132. The summed E-state index contributed by atoms with van der Waals surface area (Å²) < 4.78 is 5.50. The van der Waals surface area contributed by atoms with Crippen molar-refractivity contribution in [1.82, 2.24) is 4.90 Å². The van der Waals surface area contributed by atoms with E-state index in [0.29, 0.717) is 24.5 Å². The Morgan fingerprint density at radius 1 is 1.26 bits per heavy atom. The van der Waals surface area contributed by atoms with Crippen LogP contribution >= 0.6 is 0 Å². The quantitative estimate of drug-likeness (QED) is 0.802. The van der Waals surface area contributed by atoms with E-state index < -0.39 is 0 Å². The van der Waals surface area contributed by atoms with Gasteiger partial charge in [0.25, 0.3) is 0 Å². The van der Waals surface area contributed by atoms with E-state index in [1.54, 1.807) is 4.90 Å². The minimum Gasteiger partial charge on any atom is -0.492 e. The van der Waals surface area contributed by atoms with Crippen LogP contribution in [0.5, 0.6) is 5.75 Å². The van der Waals surface area contributed by atoms with Gasteiger partial charge in [0.1, 0.15) is 5.75 Å². The summed E-state index contributed by atoms with van der Waals surface area (Å²) in [5, 5.41) is 2.89. The maximum absolute atomic E-state index is 12.3. The van der Waals surface area contributed by atoms with Crippen molar-refractivity contribution >= 4 is 17.5 Å². The Morgan fingerprint density at radius 2 is 2.00 bits per heavy atom. The first-order valence-corrected chi connectivity index (χ1v) is 8.36. The fraction of sp³-hybridized carbons (Fsp3) is 0.556. The van der Waals surface area contributed by atoms with Gasteiger partial charge in [0.15, 0.2) is 0 Å². The first-order chi connectivity index (χ1) is 11.1. The average molecular weight is 318 g/mol. The van der Waals surface area contributed by atoms with Gasteiger partial charge in [0, 0.05) is 13.6 Å². The molecule has 2 amide bonds. The van der Waals surface area contributed by atoms with Crippen LogP contribution in [0, 0.1) is 11.8 Å². The van der Waals surface area contributed by atoms with Gasteiger partial charge in [-0.25, -0.2) is 0 Å². The Morgan fingerprint density at radius 3 is 2.70 bits per heavy atom. The molecule has 1 aromatic carbocycles. The minimum atomic E-state index is -0.221. The second kappa shape index (κ2) is 7.99. The maximum atomic E-state index is 12.3. The third kappa shape index (κ3) is 4.47. The van der Waals surface area contributed by atoms with E-state index >= 15 is 0 Å². The van der Waals surface area contributed by atoms with Gasteiger partial charge in [-0.1, -0.05) is 25.5 Å². The lowest BCUT2D eigenvalue weighted by Gasteiger charge is -2.16. The van der Waals surface area contributed by atoms with Crippen LogP contribution in [0.15, 0.2) is 24.3 Å². The molecular formula is C18H26N2O3. The van der Waals surface area contributed by atoms with Crippen molar-refractivity contribution in [3.63, 3.8) is 0 Å².